The van der Waals surface area contributed by atoms with E-state index in [1.807, 2.05) is 6.92 Å². The van der Waals surface area contributed by atoms with Crippen molar-refractivity contribution in [1.29, 1.82) is 0 Å². The largest absolute Gasteiger partial charge is 0.393 e. The first-order valence-electron chi connectivity index (χ1n) is 5.00. The summed E-state index contributed by atoms with van der Waals surface area (Å²) >= 11 is 0. The van der Waals surface area contributed by atoms with Gasteiger partial charge in [-0.3, -0.25) is 0 Å². The van der Waals surface area contributed by atoms with Crippen LogP contribution in [0.15, 0.2) is 0 Å². The van der Waals surface area contributed by atoms with Gasteiger partial charge >= 0.3 is 0 Å². The molecule has 0 saturated heterocycles. The van der Waals surface area contributed by atoms with Gasteiger partial charge in [-0.25, -0.2) is 0 Å². The highest BCUT2D eigenvalue weighted by molar-refractivity contribution is 4.63. The molecule has 1 N–H and O–H groups in total. The maximum absolute atomic E-state index is 9.12. The van der Waals surface area contributed by atoms with Crippen LogP contribution in [0, 0.1) is 0 Å². The zero-order valence-corrected chi connectivity index (χ0v) is 8.88. The molecule has 2 heteroatoms. The third-order valence-electron chi connectivity index (χ3n) is 2.08. The van der Waals surface area contributed by atoms with Crippen molar-refractivity contribution in [3.05, 3.63) is 0 Å². The van der Waals surface area contributed by atoms with Gasteiger partial charge in [-0.2, -0.15) is 0 Å². The Kier molecular flexibility index (Phi) is 6.39. The number of aliphatic hydroxyl groups excluding tert-OH is 1. The second-order valence-corrected chi connectivity index (χ2v) is 3.77. The average Bonchev–Trinajstić information content (AvgIpc) is 1.96. The minimum absolute atomic E-state index is 0.164. The molecule has 0 heterocycles. The molecule has 0 aliphatic carbocycles. The fourth-order valence-electron chi connectivity index (χ4n) is 1.27. The van der Waals surface area contributed by atoms with Crippen molar-refractivity contribution in [2.24, 2.45) is 0 Å². The Morgan fingerprint density at radius 2 is 1.75 bits per heavy atom. The van der Waals surface area contributed by atoms with Gasteiger partial charge in [-0.1, -0.05) is 6.92 Å². The highest BCUT2D eigenvalue weighted by Gasteiger charge is 2.08. The van der Waals surface area contributed by atoms with Gasteiger partial charge in [0.25, 0.3) is 0 Å². The highest BCUT2D eigenvalue weighted by Crippen LogP contribution is 2.02. The molecule has 74 valence electrons. The van der Waals surface area contributed by atoms with Crippen LogP contribution in [-0.2, 0) is 0 Å². The van der Waals surface area contributed by atoms with Gasteiger partial charge in [0.1, 0.15) is 0 Å². The Morgan fingerprint density at radius 3 is 2.08 bits per heavy atom. The second-order valence-electron chi connectivity index (χ2n) is 3.77. The van der Waals surface area contributed by atoms with Crippen molar-refractivity contribution >= 4 is 0 Å². The van der Waals surface area contributed by atoms with E-state index in [0.717, 1.165) is 19.5 Å². The van der Waals surface area contributed by atoms with Crippen molar-refractivity contribution in [2.75, 3.05) is 13.1 Å². The first-order valence-corrected chi connectivity index (χ1v) is 5.00. The lowest BCUT2D eigenvalue weighted by Crippen LogP contribution is -2.33. The summed E-state index contributed by atoms with van der Waals surface area (Å²) in [6.07, 6.45) is 1.92. The molecule has 2 nitrogen and oxygen atoms in total. The monoisotopic (exact) mass is 173 g/mol. The number of hydrogen-bond acceptors (Lipinski definition) is 2. The van der Waals surface area contributed by atoms with Gasteiger partial charge in [-0.05, 0) is 40.2 Å². The summed E-state index contributed by atoms with van der Waals surface area (Å²) in [6, 6.07) is 0.601. The van der Waals surface area contributed by atoms with Crippen LogP contribution in [0.4, 0.5) is 0 Å². The van der Waals surface area contributed by atoms with E-state index in [0.29, 0.717) is 6.04 Å². The normalized spacial score (nSPS) is 14.2. The Labute approximate surface area is 76.6 Å². The predicted molar refractivity (Wildman–Crippen MR) is 53.3 cm³/mol. The smallest absolute Gasteiger partial charge is 0.0524 e. The number of rotatable bonds is 6. The molecule has 1 unspecified atom stereocenters. The maximum Gasteiger partial charge on any atom is 0.0524 e. The molecular formula is C10H23NO. The molecular weight excluding hydrogens is 150 g/mol. The molecule has 0 aliphatic rings. The molecule has 0 radical (unpaired) electrons. The molecule has 0 amide bonds. The first kappa shape index (κ1) is 11.9. The zero-order chi connectivity index (χ0) is 9.56. The second kappa shape index (κ2) is 6.44. The van der Waals surface area contributed by atoms with Crippen molar-refractivity contribution in [3.8, 4) is 0 Å². The summed E-state index contributed by atoms with van der Waals surface area (Å²) in [4.78, 5) is 2.41. The van der Waals surface area contributed by atoms with Crippen LogP contribution >= 0.6 is 0 Å². The van der Waals surface area contributed by atoms with Crippen LogP contribution in [0.1, 0.15) is 40.5 Å². The third kappa shape index (κ3) is 5.56. The summed E-state index contributed by atoms with van der Waals surface area (Å²) in [5.74, 6) is 0. The minimum atomic E-state index is -0.164. The number of aliphatic hydroxyl groups is 1. The van der Waals surface area contributed by atoms with E-state index in [2.05, 4.69) is 25.7 Å². The van der Waals surface area contributed by atoms with Gasteiger partial charge in [0.05, 0.1) is 6.10 Å². The fourth-order valence-corrected chi connectivity index (χ4v) is 1.27. The van der Waals surface area contributed by atoms with E-state index in [-0.39, 0.29) is 6.10 Å². The molecule has 1 atom stereocenters. The Hall–Kier alpha value is -0.0800. The van der Waals surface area contributed by atoms with E-state index < -0.39 is 0 Å². The molecule has 12 heavy (non-hydrogen) atoms. The van der Waals surface area contributed by atoms with Crippen molar-refractivity contribution in [2.45, 2.75) is 52.7 Å². The number of hydrogen-bond donors (Lipinski definition) is 1. The van der Waals surface area contributed by atoms with Gasteiger partial charge in [0, 0.05) is 12.6 Å². The van der Waals surface area contributed by atoms with E-state index >= 15 is 0 Å². The molecule has 0 aromatic carbocycles. The lowest BCUT2D eigenvalue weighted by Gasteiger charge is -2.26. The van der Waals surface area contributed by atoms with Crippen molar-refractivity contribution in [3.63, 3.8) is 0 Å². The van der Waals surface area contributed by atoms with Gasteiger partial charge in [0.15, 0.2) is 0 Å². The SMILES string of the molecule is CCCN(CCC(C)O)C(C)C. The summed E-state index contributed by atoms with van der Waals surface area (Å²) in [5.41, 5.74) is 0. The topological polar surface area (TPSA) is 23.5 Å². The third-order valence-corrected chi connectivity index (χ3v) is 2.08. The van der Waals surface area contributed by atoms with Crippen LogP contribution in [0.2, 0.25) is 0 Å². The Bertz CT molecular complexity index is 102. The Balaban J connectivity index is 3.63. The quantitative estimate of drug-likeness (QED) is 0.663. The van der Waals surface area contributed by atoms with E-state index in [4.69, 9.17) is 5.11 Å². The molecule has 0 aromatic rings. The molecule has 0 saturated carbocycles. The molecule has 0 spiro atoms. The number of nitrogens with zero attached hydrogens (tertiary/aromatic N) is 1. The summed E-state index contributed by atoms with van der Waals surface area (Å²) in [6.45, 7) is 10.6. The van der Waals surface area contributed by atoms with Gasteiger partial charge < -0.3 is 10.0 Å². The van der Waals surface area contributed by atoms with Crippen molar-refractivity contribution in [1.82, 2.24) is 4.90 Å². The van der Waals surface area contributed by atoms with Crippen LogP contribution in [0.3, 0.4) is 0 Å². The predicted octanol–water partition coefficient (Wildman–Crippen LogP) is 1.88. The maximum atomic E-state index is 9.12. The minimum Gasteiger partial charge on any atom is -0.393 e. The molecule has 0 bridgehead atoms. The summed E-state index contributed by atoms with van der Waals surface area (Å²) in [5, 5.41) is 9.12. The summed E-state index contributed by atoms with van der Waals surface area (Å²) < 4.78 is 0. The molecule has 0 aromatic heterocycles. The average molecular weight is 173 g/mol. The van der Waals surface area contributed by atoms with E-state index in [9.17, 15) is 0 Å². The lowest BCUT2D eigenvalue weighted by atomic mass is 10.2. The van der Waals surface area contributed by atoms with Crippen LogP contribution in [0.25, 0.3) is 0 Å². The molecule has 0 aliphatic heterocycles. The van der Waals surface area contributed by atoms with Gasteiger partial charge in [0.2, 0.25) is 0 Å². The van der Waals surface area contributed by atoms with Crippen LogP contribution in [0.5, 0.6) is 0 Å². The fraction of sp³-hybridized carbons (Fsp3) is 1.00. The van der Waals surface area contributed by atoms with Gasteiger partial charge in [-0.15, -0.1) is 0 Å². The standard InChI is InChI=1S/C10H23NO/c1-5-7-11(9(2)3)8-6-10(4)12/h9-10,12H,5-8H2,1-4H3. The lowest BCUT2D eigenvalue weighted by molar-refractivity contribution is 0.142. The van der Waals surface area contributed by atoms with E-state index in [1.165, 1.54) is 6.42 Å². The van der Waals surface area contributed by atoms with Crippen molar-refractivity contribution < 1.29 is 5.11 Å². The van der Waals surface area contributed by atoms with Crippen LogP contribution < -0.4 is 0 Å². The Morgan fingerprint density at radius 1 is 1.17 bits per heavy atom. The molecule has 0 rings (SSSR count). The van der Waals surface area contributed by atoms with Crippen LogP contribution in [-0.4, -0.2) is 35.2 Å². The summed E-state index contributed by atoms with van der Waals surface area (Å²) in [7, 11) is 0. The first-order chi connectivity index (χ1) is 5.57. The highest BCUT2D eigenvalue weighted by atomic mass is 16.3. The zero-order valence-electron chi connectivity index (χ0n) is 8.88. The molecule has 0 fully saturated rings. The van der Waals surface area contributed by atoms with E-state index in [1.54, 1.807) is 0 Å².